The second-order valence-corrected chi connectivity index (χ2v) is 4.79. The van der Waals surface area contributed by atoms with E-state index in [9.17, 15) is 9.59 Å². The van der Waals surface area contributed by atoms with Crippen LogP contribution in [0.3, 0.4) is 0 Å². The summed E-state index contributed by atoms with van der Waals surface area (Å²) in [4.78, 5) is 22.7. The molecule has 0 aliphatic carbocycles. The van der Waals surface area contributed by atoms with E-state index < -0.39 is 5.97 Å². The highest BCUT2D eigenvalue weighted by Crippen LogP contribution is 2.12. The van der Waals surface area contributed by atoms with E-state index in [2.05, 4.69) is 15.6 Å². The summed E-state index contributed by atoms with van der Waals surface area (Å²) in [6.07, 6.45) is 0.981. The Hall–Kier alpha value is -2.90. The molecule has 1 heterocycles. The normalized spacial score (nSPS) is 10.3. The van der Waals surface area contributed by atoms with Gasteiger partial charge < -0.3 is 15.2 Å². The number of nitrogens with zero attached hydrogens (tertiary/aromatic N) is 3. The van der Waals surface area contributed by atoms with Crippen molar-refractivity contribution in [2.24, 2.45) is 0 Å². The van der Waals surface area contributed by atoms with Crippen molar-refractivity contribution in [1.29, 1.82) is 0 Å². The molecule has 1 aromatic heterocycles. The van der Waals surface area contributed by atoms with Crippen LogP contribution in [0.25, 0.3) is 0 Å². The van der Waals surface area contributed by atoms with Gasteiger partial charge in [0.05, 0.1) is 12.3 Å². The summed E-state index contributed by atoms with van der Waals surface area (Å²) in [6.45, 7) is 0.361. The second kappa shape index (κ2) is 7.92. The SMILES string of the molecule is CNC(=O)Cn1nnc(C(=O)O)c1CCCOc1ccccc1. The lowest BCUT2D eigenvalue weighted by atomic mass is 10.2. The van der Waals surface area contributed by atoms with Crippen LogP contribution in [-0.2, 0) is 17.8 Å². The molecule has 0 saturated heterocycles. The molecule has 2 aromatic rings. The molecule has 8 heteroatoms. The number of aromatic nitrogens is 3. The molecule has 0 bridgehead atoms. The first-order chi connectivity index (χ1) is 11.1. The molecule has 1 aromatic carbocycles. The van der Waals surface area contributed by atoms with Gasteiger partial charge in [0.25, 0.3) is 0 Å². The van der Waals surface area contributed by atoms with Crippen LogP contribution in [0.1, 0.15) is 22.6 Å². The van der Waals surface area contributed by atoms with Crippen molar-refractivity contribution in [1.82, 2.24) is 20.3 Å². The van der Waals surface area contributed by atoms with Crippen molar-refractivity contribution >= 4 is 11.9 Å². The lowest BCUT2D eigenvalue weighted by Crippen LogP contribution is -2.25. The minimum absolute atomic E-state index is 0.0638. The lowest BCUT2D eigenvalue weighted by Gasteiger charge is -2.08. The van der Waals surface area contributed by atoms with Crippen molar-refractivity contribution in [2.45, 2.75) is 19.4 Å². The van der Waals surface area contributed by atoms with E-state index in [1.54, 1.807) is 0 Å². The van der Waals surface area contributed by atoms with E-state index in [-0.39, 0.29) is 18.1 Å². The smallest absolute Gasteiger partial charge is 0.358 e. The Bertz CT molecular complexity index is 669. The van der Waals surface area contributed by atoms with Crippen LogP contribution in [-0.4, -0.2) is 45.6 Å². The van der Waals surface area contributed by atoms with Crippen LogP contribution in [0, 0.1) is 0 Å². The van der Waals surface area contributed by atoms with Gasteiger partial charge >= 0.3 is 5.97 Å². The average molecular weight is 318 g/mol. The molecule has 0 atom stereocenters. The van der Waals surface area contributed by atoms with Gasteiger partial charge in [0.15, 0.2) is 5.69 Å². The number of ether oxygens (including phenoxy) is 1. The summed E-state index contributed by atoms with van der Waals surface area (Å²) in [6, 6.07) is 9.34. The van der Waals surface area contributed by atoms with Gasteiger partial charge in [0, 0.05) is 7.05 Å². The third kappa shape index (κ3) is 4.53. The zero-order valence-electron chi connectivity index (χ0n) is 12.7. The Kier molecular flexibility index (Phi) is 5.67. The fraction of sp³-hybridized carbons (Fsp3) is 0.333. The highest BCUT2D eigenvalue weighted by molar-refractivity contribution is 5.86. The molecule has 0 spiro atoms. The van der Waals surface area contributed by atoms with Crippen molar-refractivity contribution in [3.8, 4) is 5.75 Å². The maximum atomic E-state index is 11.5. The maximum absolute atomic E-state index is 11.5. The van der Waals surface area contributed by atoms with Crippen molar-refractivity contribution in [2.75, 3.05) is 13.7 Å². The number of carboxylic acids is 1. The number of amides is 1. The molecule has 1 amide bonds. The van der Waals surface area contributed by atoms with Crippen LogP contribution in [0.5, 0.6) is 5.75 Å². The average Bonchev–Trinajstić information content (AvgIpc) is 2.95. The van der Waals surface area contributed by atoms with Gasteiger partial charge in [-0.3, -0.25) is 4.79 Å². The van der Waals surface area contributed by atoms with E-state index in [1.807, 2.05) is 30.3 Å². The van der Waals surface area contributed by atoms with Crippen LogP contribution < -0.4 is 10.1 Å². The van der Waals surface area contributed by atoms with Crippen molar-refractivity contribution in [3.63, 3.8) is 0 Å². The first-order valence-corrected chi connectivity index (χ1v) is 7.16. The Labute approximate surface area is 133 Å². The fourth-order valence-corrected chi connectivity index (χ4v) is 2.03. The number of benzene rings is 1. The van der Waals surface area contributed by atoms with Crippen LogP contribution in [0.4, 0.5) is 0 Å². The van der Waals surface area contributed by atoms with Crippen molar-refractivity contribution < 1.29 is 19.4 Å². The number of likely N-dealkylation sites (N-methyl/N-ethyl adjacent to an activating group) is 1. The van der Waals surface area contributed by atoms with Gasteiger partial charge in [0.1, 0.15) is 12.3 Å². The monoisotopic (exact) mass is 318 g/mol. The molecule has 0 saturated carbocycles. The zero-order chi connectivity index (χ0) is 16.7. The Morgan fingerprint density at radius 3 is 2.70 bits per heavy atom. The first kappa shape index (κ1) is 16.5. The number of carbonyl (C=O) groups excluding carboxylic acids is 1. The van der Waals surface area contributed by atoms with Gasteiger partial charge in [-0.2, -0.15) is 0 Å². The van der Waals surface area contributed by atoms with Crippen LogP contribution in [0.2, 0.25) is 0 Å². The molecule has 2 N–H and O–H groups in total. The fourth-order valence-electron chi connectivity index (χ4n) is 2.03. The Morgan fingerprint density at radius 2 is 2.04 bits per heavy atom. The molecule has 0 radical (unpaired) electrons. The Morgan fingerprint density at radius 1 is 1.30 bits per heavy atom. The lowest BCUT2D eigenvalue weighted by molar-refractivity contribution is -0.121. The molecule has 0 fully saturated rings. The largest absolute Gasteiger partial charge is 0.494 e. The quantitative estimate of drug-likeness (QED) is 0.695. The Balaban J connectivity index is 1.98. The predicted octanol–water partition coefficient (Wildman–Crippen LogP) is 0.734. The standard InChI is InChI=1S/C15H18N4O4/c1-16-13(20)10-19-12(14(15(21)22)17-18-19)8-5-9-23-11-6-3-2-4-7-11/h2-4,6-7H,5,8-10H2,1H3,(H,16,20)(H,21,22). The van der Waals surface area contributed by atoms with Crippen LogP contribution in [0.15, 0.2) is 30.3 Å². The second-order valence-electron chi connectivity index (χ2n) is 4.79. The maximum Gasteiger partial charge on any atom is 0.358 e. The molecule has 2 rings (SSSR count). The highest BCUT2D eigenvalue weighted by atomic mass is 16.5. The van der Waals surface area contributed by atoms with Crippen LogP contribution >= 0.6 is 0 Å². The number of carboxylic acid groups (broad SMARTS) is 1. The third-order valence-electron chi connectivity index (χ3n) is 3.18. The van der Waals surface area contributed by atoms with E-state index in [4.69, 9.17) is 9.84 Å². The number of para-hydroxylation sites is 1. The summed E-state index contributed by atoms with van der Waals surface area (Å²) in [5.41, 5.74) is 0.284. The van der Waals surface area contributed by atoms with Gasteiger partial charge in [-0.1, -0.05) is 23.4 Å². The summed E-state index contributed by atoms with van der Waals surface area (Å²) in [5.74, 6) is -0.677. The summed E-state index contributed by atoms with van der Waals surface area (Å²) in [5, 5.41) is 19.0. The van der Waals surface area contributed by atoms with E-state index in [0.29, 0.717) is 25.1 Å². The van der Waals surface area contributed by atoms with E-state index in [1.165, 1.54) is 11.7 Å². The minimum atomic E-state index is -1.16. The number of nitrogens with one attached hydrogen (secondary N) is 1. The highest BCUT2D eigenvalue weighted by Gasteiger charge is 2.19. The van der Waals surface area contributed by atoms with Gasteiger partial charge in [-0.05, 0) is 25.0 Å². The van der Waals surface area contributed by atoms with E-state index in [0.717, 1.165) is 5.75 Å². The van der Waals surface area contributed by atoms with E-state index >= 15 is 0 Å². The number of hydrogen-bond acceptors (Lipinski definition) is 5. The predicted molar refractivity (Wildman–Crippen MR) is 81.3 cm³/mol. The summed E-state index contributed by atoms with van der Waals surface area (Å²) < 4.78 is 6.88. The van der Waals surface area contributed by atoms with Gasteiger partial charge in [-0.25, -0.2) is 9.48 Å². The molecule has 122 valence electrons. The molecule has 8 nitrogen and oxygen atoms in total. The number of aromatic carboxylic acids is 1. The molecular weight excluding hydrogens is 300 g/mol. The number of hydrogen-bond donors (Lipinski definition) is 2. The molecular formula is C15H18N4O4. The molecule has 0 aliphatic rings. The minimum Gasteiger partial charge on any atom is -0.494 e. The van der Waals surface area contributed by atoms with Crippen molar-refractivity contribution in [3.05, 3.63) is 41.7 Å². The molecule has 0 aliphatic heterocycles. The summed E-state index contributed by atoms with van der Waals surface area (Å²) in [7, 11) is 1.50. The summed E-state index contributed by atoms with van der Waals surface area (Å²) >= 11 is 0. The number of carbonyl (C=O) groups is 2. The zero-order valence-corrected chi connectivity index (χ0v) is 12.7. The van der Waals surface area contributed by atoms with Gasteiger partial charge in [0.2, 0.25) is 5.91 Å². The van der Waals surface area contributed by atoms with Gasteiger partial charge in [-0.15, -0.1) is 5.10 Å². The first-order valence-electron chi connectivity index (χ1n) is 7.16. The molecule has 23 heavy (non-hydrogen) atoms. The molecule has 0 unspecified atom stereocenters. The number of rotatable bonds is 8. The third-order valence-corrected chi connectivity index (χ3v) is 3.18. The topological polar surface area (TPSA) is 106 Å².